The second-order valence-corrected chi connectivity index (χ2v) is 9.30. The molecule has 0 bridgehead atoms. The van der Waals surface area contributed by atoms with Crippen LogP contribution in [0.1, 0.15) is 41.6 Å². The third kappa shape index (κ3) is 5.31. The fourth-order valence-corrected chi connectivity index (χ4v) is 5.01. The summed E-state index contributed by atoms with van der Waals surface area (Å²) >= 11 is 0. The van der Waals surface area contributed by atoms with Crippen molar-refractivity contribution in [2.45, 2.75) is 38.2 Å². The second kappa shape index (κ2) is 10.2. The Balaban J connectivity index is 1.53. The number of sulfonamides is 1. The molecule has 1 aliphatic rings. The molecule has 1 aromatic heterocycles. The van der Waals surface area contributed by atoms with E-state index < -0.39 is 27.9 Å². The normalized spacial score (nSPS) is 15.3. The Morgan fingerprint density at radius 2 is 1.81 bits per heavy atom. The third-order valence-electron chi connectivity index (χ3n) is 5.29. The number of furan rings is 1. The lowest BCUT2D eigenvalue weighted by atomic mass is 9.98. The van der Waals surface area contributed by atoms with E-state index in [9.17, 15) is 18.0 Å². The number of hydrogen-bond acceptors (Lipinski definition) is 8. The Morgan fingerprint density at radius 1 is 1.16 bits per heavy atom. The molecule has 10 heteroatoms. The first-order valence-corrected chi connectivity index (χ1v) is 11.8. The number of piperidine rings is 1. The molecule has 3 rings (SSSR count). The largest absolute Gasteiger partial charge is 0.494 e. The van der Waals surface area contributed by atoms with Crippen LogP contribution in [0.3, 0.4) is 0 Å². The van der Waals surface area contributed by atoms with Crippen LogP contribution in [0, 0.1) is 12.8 Å². The smallest absolute Gasteiger partial charge is 0.341 e. The average molecular weight is 466 g/mol. The number of carbonyl (C=O) groups is 2. The maximum absolute atomic E-state index is 12.9. The van der Waals surface area contributed by atoms with Gasteiger partial charge < -0.3 is 18.6 Å². The van der Waals surface area contributed by atoms with Gasteiger partial charge >= 0.3 is 11.9 Å². The fourth-order valence-electron chi connectivity index (χ4n) is 3.54. The molecule has 0 aliphatic carbocycles. The Bertz CT molecular complexity index is 1050. The van der Waals surface area contributed by atoms with Gasteiger partial charge in [0, 0.05) is 13.1 Å². The van der Waals surface area contributed by atoms with E-state index >= 15 is 0 Å². The minimum atomic E-state index is -3.64. The Labute approximate surface area is 187 Å². The summed E-state index contributed by atoms with van der Waals surface area (Å²) < 4.78 is 47.9. The molecule has 0 spiro atoms. The average Bonchev–Trinajstić information content (AvgIpc) is 3.18. The van der Waals surface area contributed by atoms with Crippen LogP contribution in [-0.2, 0) is 30.9 Å². The third-order valence-corrected chi connectivity index (χ3v) is 7.20. The van der Waals surface area contributed by atoms with E-state index in [4.69, 9.17) is 13.9 Å². The number of aryl methyl sites for hydroxylation is 1. The van der Waals surface area contributed by atoms with Crippen molar-refractivity contribution in [1.82, 2.24) is 4.31 Å². The van der Waals surface area contributed by atoms with Gasteiger partial charge in [-0.05, 0) is 57.0 Å². The predicted octanol–water partition coefficient (Wildman–Crippen LogP) is 2.92. The van der Waals surface area contributed by atoms with E-state index in [1.165, 1.54) is 29.6 Å². The van der Waals surface area contributed by atoms with Crippen molar-refractivity contribution in [1.29, 1.82) is 0 Å². The molecule has 1 aromatic carbocycles. The number of rotatable bonds is 8. The van der Waals surface area contributed by atoms with E-state index in [0.717, 1.165) is 0 Å². The van der Waals surface area contributed by atoms with Gasteiger partial charge in [-0.3, -0.25) is 4.79 Å². The predicted molar refractivity (Wildman–Crippen MR) is 114 cm³/mol. The quantitative estimate of drug-likeness (QED) is 0.547. The Hall–Kier alpha value is -2.85. The monoisotopic (exact) mass is 465 g/mol. The summed E-state index contributed by atoms with van der Waals surface area (Å²) in [6.07, 6.45) is 0.722. The van der Waals surface area contributed by atoms with E-state index in [-0.39, 0.29) is 30.2 Å². The molecule has 2 heterocycles. The summed E-state index contributed by atoms with van der Waals surface area (Å²) in [6, 6.07) is 7.79. The highest BCUT2D eigenvalue weighted by Gasteiger charge is 2.33. The van der Waals surface area contributed by atoms with Gasteiger partial charge in [0.2, 0.25) is 10.0 Å². The van der Waals surface area contributed by atoms with Gasteiger partial charge in [0.15, 0.2) is 0 Å². The molecule has 0 radical (unpaired) electrons. The van der Waals surface area contributed by atoms with E-state index in [0.29, 0.717) is 36.7 Å². The first kappa shape index (κ1) is 23.8. The summed E-state index contributed by atoms with van der Waals surface area (Å²) in [4.78, 5) is 24.3. The minimum absolute atomic E-state index is 0.110. The van der Waals surface area contributed by atoms with Crippen LogP contribution in [0.2, 0.25) is 0 Å². The zero-order valence-electron chi connectivity index (χ0n) is 18.3. The molecule has 0 unspecified atom stereocenters. The lowest BCUT2D eigenvalue weighted by molar-refractivity contribution is -0.151. The molecule has 32 heavy (non-hydrogen) atoms. The van der Waals surface area contributed by atoms with Gasteiger partial charge in [-0.15, -0.1) is 0 Å². The number of ether oxygens (including phenoxy) is 3. The lowest BCUT2D eigenvalue weighted by Gasteiger charge is -2.30. The standard InChI is InChI=1S/C22H27NO8S/c1-4-29-17-5-7-19(8-6-17)32(26,27)23-11-9-16(10-12-23)21(24)30-14-18-13-20(15(2)31-18)22(25)28-3/h5-8,13,16H,4,9-12,14H2,1-3H3. The first-order valence-electron chi connectivity index (χ1n) is 10.3. The van der Waals surface area contributed by atoms with E-state index in [1.807, 2.05) is 6.92 Å². The minimum Gasteiger partial charge on any atom is -0.494 e. The van der Waals surface area contributed by atoms with Gasteiger partial charge in [0.1, 0.15) is 29.4 Å². The fraction of sp³-hybridized carbons (Fsp3) is 0.455. The van der Waals surface area contributed by atoms with Crippen molar-refractivity contribution in [2.24, 2.45) is 5.92 Å². The molecular weight excluding hydrogens is 438 g/mol. The summed E-state index contributed by atoms with van der Waals surface area (Å²) in [5.74, 6) is -0.0135. The van der Waals surface area contributed by atoms with Crippen LogP contribution >= 0.6 is 0 Å². The Kier molecular flexibility index (Phi) is 7.57. The molecule has 0 saturated carbocycles. The Morgan fingerprint density at radius 3 is 2.41 bits per heavy atom. The SMILES string of the molecule is CCOc1ccc(S(=O)(=O)N2CCC(C(=O)OCc3cc(C(=O)OC)c(C)o3)CC2)cc1. The van der Waals surface area contributed by atoms with Gasteiger partial charge in [-0.2, -0.15) is 4.31 Å². The number of hydrogen-bond donors (Lipinski definition) is 0. The number of esters is 2. The molecule has 174 valence electrons. The maximum atomic E-state index is 12.9. The summed E-state index contributed by atoms with van der Waals surface area (Å²) in [6.45, 7) is 4.32. The molecule has 0 atom stereocenters. The lowest BCUT2D eigenvalue weighted by Crippen LogP contribution is -2.40. The molecule has 1 aliphatic heterocycles. The molecule has 1 saturated heterocycles. The highest BCUT2D eigenvalue weighted by atomic mass is 32.2. The molecule has 2 aromatic rings. The zero-order chi connectivity index (χ0) is 23.3. The van der Waals surface area contributed by atoms with Crippen molar-refractivity contribution in [3.8, 4) is 5.75 Å². The van der Waals surface area contributed by atoms with Crippen molar-refractivity contribution in [3.05, 3.63) is 47.4 Å². The van der Waals surface area contributed by atoms with Crippen molar-refractivity contribution in [3.63, 3.8) is 0 Å². The summed E-state index contributed by atoms with van der Waals surface area (Å²) in [5.41, 5.74) is 0.284. The van der Waals surface area contributed by atoms with Gasteiger partial charge in [0.25, 0.3) is 0 Å². The van der Waals surface area contributed by atoms with E-state index in [1.54, 1.807) is 19.1 Å². The van der Waals surface area contributed by atoms with Gasteiger partial charge in [0.05, 0.1) is 24.5 Å². The second-order valence-electron chi connectivity index (χ2n) is 7.36. The zero-order valence-corrected chi connectivity index (χ0v) is 19.1. The van der Waals surface area contributed by atoms with Crippen LogP contribution in [0.15, 0.2) is 39.6 Å². The van der Waals surface area contributed by atoms with Crippen LogP contribution < -0.4 is 4.74 Å². The van der Waals surface area contributed by atoms with Crippen LogP contribution in [0.25, 0.3) is 0 Å². The van der Waals surface area contributed by atoms with Crippen LogP contribution in [0.4, 0.5) is 0 Å². The molecular formula is C22H27NO8S. The first-order chi connectivity index (χ1) is 15.3. The maximum Gasteiger partial charge on any atom is 0.341 e. The van der Waals surface area contributed by atoms with Crippen molar-refractivity contribution >= 4 is 22.0 Å². The van der Waals surface area contributed by atoms with Crippen molar-refractivity contribution < 1.29 is 36.6 Å². The number of carbonyl (C=O) groups excluding carboxylic acids is 2. The summed E-state index contributed by atoms with van der Waals surface area (Å²) in [5, 5.41) is 0. The van der Waals surface area contributed by atoms with E-state index in [2.05, 4.69) is 4.74 Å². The highest BCUT2D eigenvalue weighted by molar-refractivity contribution is 7.89. The summed E-state index contributed by atoms with van der Waals surface area (Å²) in [7, 11) is -2.37. The van der Waals surface area contributed by atoms with Crippen molar-refractivity contribution in [2.75, 3.05) is 26.8 Å². The van der Waals surface area contributed by atoms with Crippen LogP contribution in [0.5, 0.6) is 5.75 Å². The molecule has 1 fully saturated rings. The molecule has 9 nitrogen and oxygen atoms in total. The van der Waals surface area contributed by atoms with Gasteiger partial charge in [-0.25, -0.2) is 13.2 Å². The highest BCUT2D eigenvalue weighted by Crippen LogP contribution is 2.26. The molecule has 0 N–H and O–H groups in total. The molecule has 0 amide bonds. The number of nitrogens with zero attached hydrogens (tertiary/aromatic N) is 1. The number of methoxy groups -OCH3 is 1. The van der Waals surface area contributed by atoms with Crippen LogP contribution in [-0.4, -0.2) is 51.5 Å². The number of benzene rings is 1. The topological polar surface area (TPSA) is 112 Å². The van der Waals surface area contributed by atoms with Gasteiger partial charge in [-0.1, -0.05) is 0 Å².